The molecular weight excluding hydrogens is 466 g/mol. The Balaban J connectivity index is 1.61. The maximum atomic E-state index is 13.6. The maximum absolute atomic E-state index is 13.6. The Kier molecular flexibility index (Phi) is 6.05. The van der Waals surface area contributed by atoms with Crippen molar-refractivity contribution < 1.29 is 14.4 Å². The number of ketones is 2. The molecule has 166 valence electrons. The van der Waals surface area contributed by atoms with E-state index in [1.807, 2.05) is 30.4 Å². The topological polar surface area (TPSA) is 63.2 Å². The second-order valence-corrected chi connectivity index (χ2v) is 9.39. The zero-order valence-electron chi connectivity index (χ0n) is 17.9. The fraction of sp³-hybridized carbons (Fsp3) is 0.0357. The minimum atomic E-state index is -0.411. The first-order valence-corrected chi connectivity index (χ1v) is 11.8. The number of rotatable bonds is 4. The summed E-state index contributed by atoms with van der Waals surface area (Å²) in [6, 6.07) is 16.8. The molecule has 2 aliphatic rings. The lowest BCUT2D eigenvalue weighted by Crippen LogP contribution is -2.24. The smallest absolute Gasteiger partial charge is 0.255 e. The van der Waals surface area contributed by atoms with Gasteiger partial charge in [0.15, 0.2) is 11.6 Å². The molecule has 1 N–H and O–H groups in total. The summed E-state index contributed by atoms with van der Waals surface area (Å²) in [6.07, 6.45) is 10.6. The van der Waals surface area contributed by atoms with Crippen LogP contribution in [0.15, 0.2) is 101 Å². The van der Waals surface area contributed by atoms with Crippen LogP contribution in [0.1, 0.15) is 48.6 Å². The van der Waals surface area contributed by atoms with E-state index in [1.54, 1.807) is 60.7 Å². The van der Waals surface area contributed by atoms with E-state index in [2.05, 4.69) is 5.32 Å². The molecule has 0 unspecified atom stereocenters. The molecule has 0 fully saturated rings. The predicted molar refractivity (Wildman–Crippen MR) is 136 cm³/mol. The van der Waals surface area contributed by atoms with Gasteiger partial charge in [0.05, 0.1) is 11.3 Å². The average molecular weight is 484 g/mol. The first-order valence-electron chi connectivity index (χ1n) is 10.7. The van der Waals surface area contributed by atoms with E-state index in [0.29, 0.717) is 37.9 Å². The quantitative estimate of drug-likeness (QED) is 0.344. The van der Waals surface area contributed by atoms with Crippen LogP contribution in [0.5, 0.6) is 0 Å². The van der Waals surface area contributed by atoms with Gasteiger partial charge in [-0.15, -0.1) is 0 Å². The van der Waals surface area contributed by atoms with Crippen molar-refractivity contribution in [1.29, 1.82) is 0 Å². The summed E-state index contributed by atoms with van der Waals surface area (Å²) in [6.45, 7) is 0. The molecule has 3 aromatic rings. The van der Waals surface area contributed by atoms with E-state index in [4.69, 9.17) is 11.6 Å². The molecule has 4 nitrogen and oxygen atoms in total. The number of amides is 1. The van der Waals surface area contributed by atoms with Gasteiger partial charge in [-0.2, -0.15) is 0 Å². The lowest BCUT2D eigenvalue weighted by atomic mass is 9.83. The Morgan fingerprint density at radius 2 is 1.62 bits per heavy atom. The minimum Gasteiger partial charge on any atom is -0.321 e. The molecule has 0 aromatic heterocycles. The number of hydrogen-bond acceptors (Lipinski definition) is 4. The number of benzene rings is 3. The molecule has 0 saturated carbocycles. The number of fused-ring (bicyclic) bond motifs is 2. The van der Waals surface area contributed by atoms with Crippen LogP contribution in [-0.2, 0) is 0 Å². The van der Waals surface area contributed by atoms with Gasteiger partial charge >= 0.3 is 0 Å². The second-order valence-electron chi connectivity index (χ2n) is 7.78. The van der Waals surface area contributed by atoms with Crippen LogP contribution in [0.25, 0.3) is 0 Å². The van der Waals surface area contributed by atoms with Crippen molar-refractivity contribution in [3.05, 3.63) is 129 Å². The highest BCUT2D eigenvalue weighted by molar-refractivity contribution is 8.03. The first kappa shape index (κ1) is 22.1. The molecule has 0 spiro atoms. The van der Waals surface area contributed by atoms with Gasteiger partial charge in [-0.1, -0.05) is 84.1 Å². The largest absolute Gasteiger partial charge is 0.321 e. The Labute approximate surface area is 206 Å². The standard InChI is InChI=1S/C28H18ClNO3S/c29-18-9-7-8-17(16-18)28(33)30-22-14-15-23(34-19-10-3-1-2-4-11-19)25-24(22)26(31)20-12-5-6-13-21(20)27(25)32/h1-10,12-16H,11H2,(H,30,33). The van der Waals surface area contributed by atoms with Gasteiger partial charge in [0.1, 0.15) is 0 Å². The Morgan fingerprint density at radius 3 is 2.38 bits per heavy atom. The van der Waals surface area contributed by atoms with E-state index in [9.17, 15) is 14.4 Å². The molecule has 6 heteroatoms. The summed E-state index contributed by atoms with van der Waals surface area (Å²) < 4.78 is 0. The van der Waals surface area contributed by atoms with Crippen molar-refractivity contribution in [3.8, 4) is 0 Å². The van der Waals surface area contributed by atoms with Gasteiger partial charge in [-0.3, -0.25) is 14.4 Å². The molecule has 0 atom stereocenters. The molecule has 0 saturated heterocycles. The molecule has 0 bridgehead atoms. The highest BCUT2D eigenvalue weighted by atomic mass is 35.5. The molecule has 0 aliphatic heterocycles. The molecule has 2 aliphatic carbocycles. The average Bonchev–Trinajstić information content (AvgIpc) is 3.12. The van der Waals surface area contributed by atoms with Gasteiger partial charge in [0.2, 0.25) is 0 Å². The number of halogens is 1. The lowest BCUT2D eigenvalue weighted by molar-refractivity contribution is 0.0976. The fourth-order valence-electron chi connectivity index (χ4n) is 3.98. The first-order chi connectivity index (χ1) is 16.5. The van der Waals surface area contributed by atoms with Crippen molar-refractivity contribution in [2.75, 3.05) is 5.32 Å². The van der Waals surface area contributed by atoms with E-state index >= 15 is 0 Å². The number of carbonyl (C=O) groups excluding carboxylic acids is 3. The van der Waals surface area contributed by atoms with E-state index in [1.165, 1.54) is 11.8 Å². The van der Waals surface area contributed by atoms with Crippen molar-refractivity contribution in [1.82, 2.24) is 0 Å². The Morgan fingerprint density at radius 1 is 0.853 bits per heavy atom. The van der Waals surface area contributed by atoms with Crippen LogP contribution in [-0.4, -0.2) is 17.5 Å². The predicted octanol–water partition coefficient (Wildman–Crippen LogP) is 6.86. The van der Waals surface area contributed by atoms with E-state index < -0.39 is 5.91 Å². The van der Waals surface area contributed by atoms with Crippen molar-refractivity contribution in [2.45, 2.75) is 11.3 Å². The fourth-order valence-corrected chi connectivity index (χ4v) is 5.21. The van der Waals surface area contributed by atoms with Crippen LogP contribution >= 0.6 is 23.4 Å². The molecule has 34 heavy (non-hydrogen) atoms. The molecule has 1 amide bonds. The third-order valence-electron chi connectivity index (χ3n) is 5.57. The molecule has 3 aromatic carbocycles. The molecule has 0 heterocycles. The molecular formula is C28H18ClNO3S. The normalized spacial score (nSPS) is 14.2. The van der Waals surface area contributed by atoms with Crippen LogP contribution in [0.4, 0.5) is 5.69 Å². The van der Waals surface area contributed by atoms with E-state index in [0.717, 1.165) is 11.3 Å². The third-order valence-corrected chi connectivity index (χ3v) is 6.93. The lowest BCUT2D eigenvalue weighted by Gasteiger charge is -2.23. The van der Waals surface area contributed by atoms with Crippen molar-refractivity contribution in [3.63, 3.8) is 0 Å². The summed E-state index contributed by atoms with van der Waals surface area (Å²) in [5.41, 5.74) is 1.89. The Bertz CT molecular complexity index is 1450. The zero-order chi connectivity index (χ0) is 23.7. The molecule has 0 radical (unpaired) electrons. The van der Waals surface area contributed by atoms with Gasteiger partial charge in [-0.05, 0) is 41.7 Å². The summed E-state index contributed by atoms with van der Waals surface area (Å²) in [4.78, 5) is 41.8. The number of anilines is 1. The minimum absolute atomic E-state index is 0.212. The number of thioether (sulfide) groups is 1. The summed E-state index contributed by atoms with van der Waals surface area (Å²) >= 11 is 7.49. The van der Waals surface area contributed by atoms with Gasteiger partial charge in [0, 0.05) is 32.2 Å². The highest BCUT2D eigenvalue weighted by Crippen LogP contribution is 2.41. The third kappa shape index (κ3) is 4.16. The van der Waals surface area contributed by atoms with Crippen molar-refractivity contribution >= 4 is 46.5 Å². The van der Waals surface area contributed by atoms with E-state index in [-0.39, 0.29) is 17.1 Å². The van der Waals surface area contributed by atoms with Crippen molar-refractivity contribution in [2.24, 2.45) is 0 Å². The Hall–Kier alpha value is -3.67. The van der Waals surface area contributed by atoms with Crippen LogP contribution in [0, 0.1) is 0 Å². The van der Waals surface area contributed by atoms with Gasteiger partial charge < -0.3 is 5.32 Å². The summed E-state index contributed by atoms with van der Waals surface area (Å²) in [7, 11) is 0. The van der Waals surface area contributed by atoms with Crippen LogP contribution in [0.2, 0.25) is 5.02 Å². The maximum Gasteiger partial charge on any atom is 0.255 e. The molecule has 5 rings (SSSR count). The number of nitrogens with one attached hydrogen (secondary N) is 1. The summed E-state index contributed by atoms with van der Waals surface area (Å²) in [5, 5.41) is 3.25. The summed E-state index contributed by atoms with van der Waals surface area (Å²) in [5.74, 6) is -0.929. The highest BCUT2D eigenvalue weighted by Gasteiger charge is 2.34. The van der Waals surface area contributed by atoms with Crippen LogP contribution in [0.3, 0.4) is 0 Å². The SMILES string of the molecule is O=C(Nc1ccc(SC2=CC=CC=CC2)c2c1C(=O)c1ccccc1C2=O)c1cccc(Cl)c1. The zero-order valence-corrected chi connectivity index (χ0v) is 19.5. The number of hydrogen-bond donors (Lipinski definition) is 1. The van der Waals surface area contributed by atoms with Gasteiger partial charge in [-0.25, -0.2) is 0 Å². The number of carbonyl (C=O) groups is 3. The second kappa shape index (κ2) is 9.29. The number of allylic oxidation sites excluding steroid dienone is 6. The van der Waals surface area contributed by atoms with Gasteiger partial charge in [0.25, 0.3) is 5.91 Å². The monoisotopic (exact) mass is 483 g/mol. The van der Waals surface area contributed by atoms with Crippen LogP contribution < -0.4 is 5.32 Å².